The number of para-hydroxylation sites is 1. The number of carbonyl (C=O) groups is 1. The molecule has 1 aromatic heterocycles. The first-order valence-corrected chi connectivity index (χ1v) is 10.6. The second-order valence-electron chi connectivity index (χ2n) is 6.81. The van der Waals surface area contributed by atoms with Gasteiger partial charge >= 0.3 is 0 Å². The summed E-state index contributed by atoms with van der Waals surface area (Å²) in [4.78, 5) is 14.6. The first-order valence-electron chi connectivity index (χ1n) is 9.37. The maximum Gasteiger partial charge on any atom is 0.265 e. The minimum absolute atomic E-state index is 0.106. The average Bonchev–Trinajstić information content (AvgIpc) is 3.31. The first-order chi connectivity index (χ1) is 14.6. The number of hydrogen-bond acceptors (Lipinski definition) is 6. The van der Waals surface area contributed by atoms with Gasteiger partial charge in [-0.2, -0.15) is 5.10 Å². The van der Waals surface area contributed by atoms with Crippen LogP contribution in [0.2, 0.25) is 0 Å². The van der Waals surface area contributed by atoms with Crippen molar-refractivity contribution < 1.29 is 14.3 Å². The summed E-state index contributed by atoms with van der Waals surface area (Å²) in [5.41, 5.74) is 3.38. The third-order valence-electron chi connectivity index (χ3n) is 4.85. The fraction of sp³-hybridized carbons (Fsp3) is 0.136. The number of ether oxygens (including phenoxy) is 2. The van der Waals surface area contributed by atoms with Crippen molar-refractivity contribution in [2.45, 2.75) is 0 Å². The van der Waals surface area contributed by atoms with Crippen molar-refractivity contribution in [3.05, 3.63) is 65.2 Å². The number of fused-ring (bicyclic) bond motifs is 1. The highest BCUT2D eigenvalue weighted by Crippen LogP contribution is 2.37. The molecule has 0 aliphatic carbocycles. The summed E-state index contributed by atoms with van der Waals surface area (Å²) in [6.07, 6.45) is 3.77. The van der Waals surface area contributed by atoms with Crippen molar-refractivity contribution in [2.75, 3.05) is 20.3 Å². The third-order valence-corrected chi connectivity index (χ3v) is 6.34. The van der Waals surface area contributed by atoms with Crippen LogP contribution in [0.5, 0.6) is 11.5 Å². The summed E-state index contributed by atoms with van der Waals surface area (Å²) >= 11 is 6.56. The van der Waals surface area contributed by atoms with Crippen molar-refractivity contribution in [3.63, 3.8) is 0 Å². The average molecular weight is 436 g/mol. The van der Waals surface area contributed by atoms with Gasteiger partial charge in [0.05, 0.1) is 10.6 Å². The monoisotopic (exact) mass is 435 g/mol. The van der Waals surface area contributed by atoms with Gasteiger partial charge in [-0.3, -0.25) is 9.69 Å². The molecule has 1 saturated heterocycles. The first kappa shape index (κ1) is 18.9. The normalized spacial score (nSPS) is 17.1. The number of likely N-dealkylation sites (N-methyl/N-ethyl adjacent to an activating group) is 1. The predicted octanol–water partition coefficient (Wildman–Crippen LogP) is 4.14. The summed E-state index contributed by atoms with van der Waals surface area (Å²) in [7, 11) is 1.69. The minimum atomic E-state index is -0.106. The van der Waals surface area contributed by atoms with Gasteiger partial charge in [0, 0.05) is 24.4 Å². The lowest BCUT2D eigenvalue weighted by Crippen LogP contribution is -2.22. The van der Waals surface area contributed by atoms with Gasteiger partial charge in [-0.25, -0.2) is 4.68 Å². The highest BCUT2D eigenvalue weighted by atomic mass is 32.2. The Morgan fingerprint density at radius 3 is 2.60 bits per heavy atom. The molecule has 150 valence electrons. The Morgan fingerprint density at radius 1 is 1.10 bits per heavy atom. The largest absolute Gasteiger partial charge is 0.486 e. The van der Waals surface area contributed by atoms with Crippen LogP contribution in [0, 0.1) is 0 Å². The molecule has 8 heteroatoms. The molecular formula is C22H17N3O3S2. The molecule has 0 N–H and O–H groups in total. The summed E-state index contributed by atoms with van der Waals surface area (Å²) in [6.45, 7) is 1.06. The SMILES string of the molecule is CN1C(=O)/C(=C/c2cn(-c3ccccc3)nc2-c2ccc3c(c2)OCCO3)SC1=S. The summed E-state index contributed by atoms with van der Waals surface area (Å²) in [5, 5.41) is 4.81. The molecule has 2 aliphatic rings. The Hall–Kier alpha value is -3.10. The Labute approximate surface area is 183 Å². The van der Waals surface area contributed by atoms with E-state index in [1.54, 1.807) is 7.05 Å². The van der Waals surface area contributed by atoms with Gasteiger partial charge in [-0.1, -0.05) is 42.2 Å². The van der Waals surface area contributed by atoms with Crippen molar-refractivity contribution in [3.8, 4) is 28.4 Å². The fourth-order valence-corrected chi connectivity index (χ4v) is 4.48. The molecular weight excluding hydrogens is 418 g/mol. The topological polar surface area (TPSA) is 56.6 Å². The van der Waals surface area contributed by atoms with Gasteiger partial charge in [-0.15, -0.1) is 0 Å². The molecule has 1 amide bonds. The molecule has 0 radical (unpaired) electrons. The second kappa shape index (κ2) is 7.62. The van der Waals surface area contributed by atoms with Crippen molar-refractivity contribution in [1.82, 2.24) is 14.7 Å². The van der Waals surface area contributed by atoms with Crippen LogP contribution in [-0.2, 0) is 4.79 Å². The number of rotatable bonds is 3. The van der Waals surface area contributed by atoms with Gasteiger partial charge in [0.15, 0.2) is 11.5 Å². The quantitative estimate of drug-likeness (QED) is 0.455. The fourth-order valence-electron chi connectivity index (χ4n) is 3.31. The number of carbonyl (C=O) groups excluding carboxylic acids is 1. The molecule has 30 heavy (non-hydrogen) atoms. The van der Waals surface area contributed by atoms with Crippen LogP contribution in [0.25, 0.3) is 23.0 Å². The Kier molecular flexibility index (Phi) is 4.80. The molecule has 0 atom stereocenters. The van der Waals surface area contributed by atoms with Crippen LogP contribution in [0.15, 0.2) is 59.6 Å². The molecule has 0 saturated carbocycles. The highest BCUT2D eigenvalue weighted by molar-refractivity contribution is 8.26. The van der Waals surface area contributed by atoms with E-state index in [-0.39, 0.29) is 5.91 Å². The molecule has 3 heterocycles. The van der Waals surface area contributed by atoms with E-state index in [2.05, 4.69) is 0 Å². The lowest BCUT2D eigenvalue weighted by Gasteiger charge is -2.18. The lowest BCUT2D eigenvalue weighted by atomic mass is 10.1. The smallest absolute Gasteiger partial charge is 0.265 e. The minimum Gasteiger partial charge on any atom is -0.486 e. The summed E-state index contributed by atoms with van der Waals surface area (Å²) in [6, 6.07) is 15.6. The predicted molar refractivity (Wildman–Crippen MR) is 121 cm³/mol. The van der Waals surface area contributed by atoms with E-state index in [1.165, 1.54) is 16.7 Å². The van der Waals surface area contributed by atoms with E-state index >= 15 is 0 Å². The second-order valence-corrected chi connectivity index (χ2v) is 8.49. The Morgan fingerprint density at radius 2 is 1.87 bits per heavy atom. The van der Waals surface area contributed by atoms with Crippen LogP contribution < -0.4 is 9.47 Å². The Bertz CT molecular complexity index is 1190. The van der Waals surface area contributed by atoms with Crippen molar-refractivity contribution >= 4 is 40.3 Å². The zero-order valence-electron chi connectivity index (χ0n) is 16.1. The molecule has 2 aliphatic heterocycles. The standard InChI is InChI=1S/C22H17N3O3S2/c1-24-21(26)19(30-22(24)29)12-15-13-25(16-5-3-2-4-6-16)23-20(15)14-7-8-17-18(11-14)28-10-9-27-17/h2-8,11-13H,9-10H2,1H3/b19-12-. The van der Waals surface area contributed by atoms with Crippen LogP contribution >= 0.6 is 24.0 Å². The Balaban J connectivity index is 1.63. The number of thiocarbonyl (C=S) groups is 1. The zero-order chi connectivity index (χ0) is 20.7. The molecule has 0 unspecified atom stereocenters. The van der Waals surface area contributed by atoms with Crippen LogP contribution in [-0.4, -0.2) is 45.2 Å². The number of aromatic nitrogens is 2. The maximum atomic E-state index is 12.5. The van der Waals surface area contributed by atoms with Gasteiger partial charge in [-0.05, 0) is 36.4 Å². The number of benzene rings is 2. The van der Waals surface area contributed by atoms with E-state index in [9.17, 15) is 4.79 Å². The van der Waals surface area contributed by atoms with E-state index in [1.807, 2.05) is 65.5 Å². The maximum absolute atomic E-state index is 12.5. The number of hydrogen-bond donors (Lipinski definition) is 0. The number of amides is 1. The highest BCUT2D eigenvalue weighted by Gasteiger charge is 2.29. The molecule has 0 bridgehead atoms. The molecule has 0 spiro atoms. The molecule has 1 fully saturated rings. The lowest BCUT2D eigenvalue weighted by molar-refractivity contribution is -0.121. The van der Waals surface area contributed by atoms with E-state index in [4.69, 9.17) is 26.8 Å². The van der Waals surface area contributed by atoms with Gasteiger partial charge in [0.25, 0.3) is 5.91 Å². The van der Waals surface area contributed by atoms with Gasteiger partial charge in [0.1, 0.15) is 23.2 Å². The summed E-state index contributed by atoms with van der Waals surface area (Å²) in [5.74, 6) is 1.31. The van der Waals surface area contributed by atoms with E-state index in [0.717, 1.165) is 28.3 Å². The molecule has 5 rings (SSSR count). The van der Waals surface area contributed by atoms with E-state index < -0.39 is 0 Å². The van der Waals surface area contributed by atoms with Crippen LogP contribution in [0.3, 0.4) is 0 Å². The van der Waals surface area contributed by atoms with Gasteiger partial charge < -0.3 is 9.47 Å². The van der Waals surface area contributed by atoms with Crippen LogP contribution in [0.1, 0.15) is 5.56 Å². The zero-order valence-corrected chi connectivity index (χ0v) is 17.7. The number of nitrogens with zero attached hydrogens (tertiary/aromatic N) is 3. The molecule has 2 aromatic carbocycles. The van der Waals surface area contributed by atoms with E-state index in [0.29, 0.717) is 28.2 Å². The molecule has 3 aromatic rings. The van der Waals surface area contributed by atoms with Crippen molar-refractivity contribution in [1.29, 1.82) is 0 Å². The van der Waals surface area contributed by atoms with Gasteiger partial charge in [0.2, 0.25) is 0 Å². The summed E-state index contributed by atoms with van der Waals surface area (Å²) < 4.78 is 13.7. The third kappa shape index (κ3) is 3.38. The van der Waals surface area contributed by atoms with Crippen LogP contribution in [0.4, 0.5) is 0 Å². The van der Waals surface area contributed by atoms with Crippen molar-refractivity contribution in [2.24, 2.45) is 0 Å². The molecule has 6 nitrogen and oxygen atoms in total. The number of thioether (sulfide) groups is 1.